The molecule has 3 heterocycles. The second kappa shape index (κ2) is 6.30. The largest absolute Gasteiger partial charge is 0.370 e. The number of amides is 3. The van der Waals surface area contributed by atoms with Crippen LogP contribution in [-0.2, 0) is 9.53 Å². The Kier molecular flexibility index (Phi) is 4.18. The third-order valence-electron chi connectivity index (χ3n) is 5.86. The van der Waals surface area contributed by atoms with Gasteiger partial charge in [-0.3, -0.25) is 4.79 Å². The summed E-state index contributed by atoms with van der Waals surface area (Å²) in [7, 11) is 0. The Balaban J connectivity index is 1.35. The molecule has 1 saturated carbocycles. The van der Waals surface area contributed by atoms with E-state index in [9.17, 15) is 9.59 Å². The first kappa shape index (κ1) is 15.2. The van der Waals surface area contributed by atoms with Crippen LogP contribution in [-0.4, -0.2) is 66.2 Å². The van der Waals surface area contributed by atoms with Gasteiger partial charge >= 0.3 is 6.03 Å². The van der Waals surface area contributed by atoms with Crippen molar-refractivity contribution in [1.29, 1.82) is 0 Å². The molecule has 4 aliphatic rings. The highest BCUT2D eigenvalue weighted by Crippen LogP contribution is 2.34. The standard InChI is InChI=1S/C17H27N3O3/c21-16(19-7-3-4-8-19)14-9-13-10-20(11-15(14)23-13)17(22)18-12-5-1-2-6-12/h12-15H,1-11H2,(H,18,22)/t13-,14+,15-/m1/s1. The van der Waals surface area contributed by atoms with Crippen molar-refractivity contribution in [2.45, 2.75) is 63.2 Å². The van der Waals surface area contributed by atoms with Crippen molar-refractivity contribution in [3.8, 4) is 0 Å². The molecule has 1 aliphatic carbocycles. The molecule has 1 N–H and O–H groups in total. The van der Waals surface area contributed by atoms with E-state index in [0.717, 1.165) is 45.2 Å². The van der Waals surface area contributed by atoms with Crippen LogP contribution in [0.1, 0.15) is 44.9 Å². The average molecular weight is 321 g/mol. The van der Waals surface area contributed by atoms with Crippen LogP contribution in [0.2, 0.25) is 0 Å². The van der Waals surface area contributed by atoms with E-state index < -0.39 is 0 Å². The fourth-order valence-electron chi connectivity index (χ4n) is 4.59. The number of morpholine rings is 1. The second-order valence-electron chi connectivity index (χ2n) is 7.51. The molecule has 2 bridgehead atoms. The van der Waals surface area contributed by atoms with Crippen LogP contribution in [0, 0.1) is 5.92 Å². The summed E-state index contributed by atoms with van der Waals surface area (Å²) in [6.45, 7) is 2.95. The van der Waals surface area contributed by atoms with Gasteiger partial charge in [-0.2, -0.15) is 0 Å². The lowest BCUT2D eigenvalue weighted by Gasteiger charge is -2.34. The number of hydrogen-bond donors (Lipinski definition) is 1. The highest BCUT2D eigenvalue weighted by molar-refractivity contribution is 5.81. The van der Waals surface area contributed by atoms with Gasteiger partial charge in [0, 0.05) is 32.2 Å². The van der Waals surface area contributed by atoms with Gasteiger partial charge in [-0.15, -0.1) is 0 Å². The molecule has 0 radical (unpaired) electrons. The van der Waals surface area contributed by atoms with E-state index >= 15 is 0 Å². The average Bonchev–Trinajstić information content (AvgIpc) is 3.28. The molecule has 4 rings (SSSR count). The number of hydrogen-bond acceptors (Lipinski definition) is 3. The van der Waals surface area contributed by atoms with E-state index in [1.54, 1.807) is 0 Å². The Bertz CT molecular complexity index is 472. The molecule has 3 saturated heterocycles. The van der Waals surface area contributed by atoms with Gasteiger partial charge in [0.25, 0.3) is 0 Å². The zero-order chi connectivity index (χ0) is 15.8. The lowest BCUT2D eigenvalue weighted by molar-refractivity contribution is -0.137. The molecule has 23 heavy (non-hydrogen) atoms. The van der Waals surface area contributed by atoms with E-state index in [-0.39, 0.29) is 30.1 Å². The minimum atomic E-state index is -0.115. The molecule has 6 nitrogen and oxygen atoms in total. The molecule has 3 aliphatic heterocycles. The topological polar surface area (TPSA) is 61.9 Å². The van der Waals surface area contributed by atoms with Gasteiger partial charge < -0.3 is 19.9 Å². The summed E-state index contributed by atoms with van der Waals surface area (Å²) >= 11 is 0. The first-order chi connectivity index (χ1) is 11.2. The number of likely N-dealkylation sites (tertiary alicyclic amines) is 2. The van der Waals surface area contributed by atoms with Crippen molar-refractivity contribution in [3.63, 3.8) is 0 Å². The van der Waals surface area contributed by atoms with Crippen LogP contribution < -0.4 is 5.32 Å². The van der Waals surface area contributed by atoms with Crippen LogP contribution in [0.4, 0.5) is 4.79 Å². The molecule has 0 unspecified atom stereocenters. The van der Waals surface area contributed by atoms with E-state index in [2.05, 4.69) is 5.32 Å². The zero-order valence-electron chi connectivity index (χ0n) is 13.7. The number of nitrogens with zero attached hydrogens (tertiary/aromatic N) is 2. The number of rotatable bonds is 2. The summed E-state index contributed by atoms with van der Waals surface area (Å²) in [5.74, 6) is 0.190. The van der Waals surface area contributed by atoms with Gasteiger partial charge in [-0.05, 0) is 32.1 Å². The van der Waals surface area contributed by atoms with Crippen LogP contribution in [0.15, 0.2) is 0 Å². The molecular formula is C17H27N3O3. The van der Waals surface area contributed by atoms with Crippen molar-refractivity contribution in [1.82, 2.24) is 15.1 Å². The number of ether oxygens (including phenoxy) is 1. The molecule has 6 heteroatoms. The quantitative estimate of drug-likeness (QED) is 0.835. The van der Waals surface area contributed by atoms with Crippen molar-refractivity contribution in [2.24, 2.45) is 5.92 Å². The molecule has 3 atom stereocenters. The van der Waals surface area contributed by atoms with E-state index in [1.165, 1.54) is 12.8 Å². The maximum absolute atomic E-state index is 12.7. The maximum Gasteiger partial charge on any atom is 0.317 e. The predicted octanol–water partition coefficient (Wildman–Crippen LogP) is 1.35. The molecular weight excluding hydrogens is 294 g/mol. The summed E-state index contributed by atoms with van der Waals surface area (Å²) in [4.78, 5) is 29.0. The Morgan fingerprint density at radius 1 is 0.957 bits per heavy atom. The SMILES string of the molecule is O=C(NC1CCCC1)N1C[C@H]2C[C@H](C(=O)N3CCCC3)[C@@H](C1)O2. The highest BCUT2D eigenvalue weighted by atomic mass is 16.5. The first-order valence-electron chi connectivity index (χ1n) is 9.20. The number of carbonyl (C=O) groups is 2. The highest BCUT2D eigenvalue weighted by Gasteiger charge is 2.47. The molecule has 4 fully saturated rings. The maximum atomic E-state index is 12.7. The molecule has 3 amide bonds. The van der Waals surface area contributed by atoms with Crippen LogP contribution in [0.25, 0.3) is 0 Å². The molecule has 0 aromatic carbocycles. The van der Waals surface area contributed by atoms with Crippen molar-refractivity contribution >= 4 is 11.9 Å². The van der Waals surface area contributed by atoms with E-state index in [1.807, 2.05) is 9.80 Å². The van der Waals surface area contributed by atoms with Crippen molar-refractivity contribution in [2.75, 3.05) is 26.2 Å². The Labute approximate surface area is 137 Å². The Morgan fingerprint density at radius 2 is 1.70 bits per heavy atom. The lowest BCUT2D eigenvalue weighted by atomic mass is 9.99. The zero-order valence-corrected chi connectivity index (χ0v) is 13.7. The number of nitrogens with one attached hydrogen (secondary N) is 1. The number of carbonyl (C=O) groups excluding carboxylic acids is 2. The van der Waals surface area contributed by atoms with Crippen molar-refractivity contribution < 1.29 is 14.3 Å². The molecule has 128 valence electrons. The van der Waals surface area contributed by atoms with Crippen LogP contribution in [0.5, 0.6) is 0 Å². The third kappa shape index (κ3) is 3.05. The summed E-state index contributed by atoms with van der Waals surface area (Å²) in [5, 5.41) is 3.15. The second-order valence-corrected chi connectivity index (χ2v) is 7.51. The van der Waals surface area contributed by atoms with Gasteiger partial charge in [0.05, 0.1) is 18.1 Å². The van der Waals surface area contributed by atoms with Crippen molar-refractivity contribution in [3.05, 3.63) is 0 Å². The van der Waals surface area contributed by atoms with Gasteiger partial charge in [0.15, 0.2) is 0 Å². The minimum Gasteiger partial charge on any atom is -0.370 e. The first-order valence-corrected chi connectivity index (χ1v) is 9.20. The van der Waals surface area contributed by atoms with E-state index in [0.29, 0.717) is 19.1 Å². The van der Waals surface area contributed by atoms with Crippen LogP contribution in [0.3, 0.4) is 0 Å². The molecule has 0 spiro atoms. The number of urea groups is 1. The smallest absolute Gasteiger partial charge is 0.317 e. The monoisotopic (exact) mass is 321 g/mol. The van der Waals surface area contributed by atoms with Gasteiger partial charge in [0.1, 0.15) is 0 Å². The summed E-state index contributed by atoms with van der Waals surface area (Å²) in [6, 6.07) is 0.370. The van der Waals surface area contributed by atoms with Gasteiger partial charge in [-0.25, -0.2) is 4.79 Å². The number of fused-ring (bicyclic) bond motifs is 2. The minimum absolute atomic E-state index is 0.0274. The molecule has 0 aromatic heterocycles. The Hall–Kier alpha value is -1.30. The van der Waals surface area contributed by atoms with E-state index in [4.69, 9.17) is 4.74 Å². The fourth-order valence-corrected chi connectivity index (χ4v) is 4.59. The van der Waals surface area contributed by atoms with Gasteiger partial charge in [0.2, 0.25) is 5.91 Å². The summed E-state index contributed by atoms with van der Waals surface area (Å²) < 4.78 is 5.97. The fraction of sp³-hybridized carbons (Fsp3) is 0.882. The van der Waals surface area contributed by atoms with Crippen LogP contribution >= 0.6 is 0 Å². The lowest BCUT2D eigenvalue weighted by Crippen LogP contribution is -2.52. The third-order valence-corrected chi connectivity index (χ3v) is 5.86. The Morgan fingerprint density at radius 3 is 2.43 bits per heavy atom. The van der Waals surface area contributed by atoms with Gasteiger partial charge in [-0.1, -0.05) is 12.8 Å². The molecule has 0 aromatic rings. The summed E-state index contributed by atoms with van der Waals surface area (Å²) in [5.41, 5.74) is 0. The predicted molar refractivity (Wildman–Crippen MR) is 84.9 cm³/mol. The normalized spacial score (nSPS) is 34.2. The summed E-state index contributed by atoms with van der Waals surface area (Å²) in [6.07, 6.45) is 7.53.